The van der Waals surface area contributed by atoms with E-state index in [1.807, 2.05) is 13.0 Å². The molecule has 0 aromatic heterocycles. The maximum Gasteiger partial charge on any atom is 0.261 e. The summed E-state index contributed by atoms with van der Waals surface area (Å²) in [5, 5.41) is 0. The van der Waals surface area contributed by atoms with Crippen LogP contribution < -0.4 is 0 Å². The van der Waals surface area contributed by atoms with E-state index in [-0.39, 0.29) is 18.4 Å². The predicted octanol–water partition coefficient (Wildman–Crippen LogP) is 2.03. The van der Waals surface area contributed by atoms with Crippen LogP contribution in [0.2, 0.25) is 0 Å². The molecule has 3 heteroatoms. The van der Waals surface area contributed by atoms with Crippen molar-refractivity contribution in [2.75, 3.05) is 6.54 Å². The number of carbonyl (C=O) groups is 2. The molecule has 2 rings (SSSR count). The fraction of sp³-hybridized carbons (Fsp3) is 0.231. The number of aryl methyl sites for hydroxylation is 1. The number of benzene rings is 1. The third kappa shape index (κ3) is 1.45. The molecular formula is C13H13NO2. The fourth-order valence-electron chi connectivity index (χ4n) is 1.85. The van der Waals surface area contributed by atoms with Gasteiger partial charge in [0.15, 0.2) is 0 Å². The average molecular weight is 215 g/mol. The van der Waals surface area contributed by atoms with Gasteiger partial charge in [-0.3, -0.25) is 14.5 Å². The van der Waals surface area contributed by atoms with Crippen LogP contribution in [0.25, 0.3) is 0 Å². The summed E-state index contributed by atoms with van der Waals surface area (Å²) in [6, 6.07) is 5.43. The van der Waals surface area contributed by atoms with Gasteiger partial charge in [-0.2, -0.15) is 0 Å². The first-order valence-corrected chi connectivity index (χ1v) is 5.29. The van der Waals surface area contributed by atoms with E-state index >= 15 is 0 Å². The summed E-state index contributed by atoms with van der Waals surface area (Å²) in [5.74, 6) is -0.433. The molecular weight excluding hydrogens is 202 g/mol. The first-order chi connectivity index (χ1) is 7.69. The van der Waals surface area contributed by atoms with Gasteiger partial charge in [0.05, 0.1) is 11.1 Å². The molecule has 0 radical (unpaired) electrons. The standard InChI is InChI=1S/C13H13NO2/c1-3-7-14-12(15)10-6-5-9(4-2)8-11(10)13(14)16/h3,5-6,8H,1,4,7H2,2H3. The van der Waals surface area contributed by atoms with Crippen LogP contribution >= 0.6 is 0 Å². The minimum Gasteiger partial charge on any atom is -0.270 e. The number of nitrogens with zero attached hydrogens (tertiary/aromatic N) is 1. The Morgan fingerprint density at radius 2 is 1.94 bits per heavy atom. The van der Waals surface area contributed by atoms with Gasteiger partial charge in [-0.05, 0) is 24.1 Å². The SMILES string of the molecule is C=CCN1C(=O)c2ccc(CC)cc2C1=O. The third-order valence-electron chi connectivity index (χ3n) is 2.76. The molecule has 0 unspecified atom stereocenters. The molecule has 0 saturated carbocycles. The van der Waals surface area contributed by atoms with Gasteiger partial charge in [0.2, 0.25) is 0 Å². The van der Waals surface area contributed by atoms with Crippen molar-refractivity contribution in [2.45, 2.75) is 13.3 Å². The van der Waals surface area contributed by atoms with Crippen LogP contribution in [0.4, 0.5) is 0 Å². The lowest BCUT2D eigenvalue weighted by atomic mass is 10.0. The van der Waals surface area contributed by atoms with E-state index < -0.39 is 0 Å². The van der Waals surface area contributed by atoms with Crippen molar-refractivity contribution in [3.05, 3.63) is 47.5 Å². The van der Waals surface area contributed by atoms with Gasteiger partial charge in [0.25, 0.3) is 11.8 Å². The highest BCUT2D eigenvalue weighted by Gasteiger charge is 2.34. The van der Waals surface area contributed by atoms with Crippen LogP contribution in [0.5, 0.6) is 0 Å². The number of imide groups is 1. The summed E-state index contributed by atoms with van der Waals surface area (Å²) in [6.45, 7) is 5.83. The van der Waals surface area contributed by atoms with Crippen molar-refractivity contribution >= 4 is 11.8 Å². The first-order valence-electron chi connectivity index (χ1n) is 5.29. The molecule has 16 heavy (non-hydrogen) atoms. The largest absolute Gasteiger partial charge is 0.270 e. The van der Waals surface area contributed by atoms with Gasteiger partial charge in [-0.15, -0.1) is 6.58 Å². The summed E-state index contributed by atoms with van der Waals surface area (Å²) in [4.78, 5) is 25.0. The van der Waals surface area contributed by atoms with E-state index in [2.05, 4.69) is 6.58 Å². The summed E-state index contributed by atoms with van der Waals surface area (Å²) in [7, 11) is 0. The maximum absolute atomic E-state index is 11.9. The highest BCUT2D eigenvalue weighted by molar-refractivity contribution is 6.21. The Labute approximate surface area is 94.4 Å². The smallest absolute Gasteiger partial charge is 0.261 e. The van der Waals surface area contributed by atoms with Crippen molar-refractivity contribution in [3.63, 3.8) is 0 Å². The third-order valence-corrected chi connectivity index (χ3v) is 2.76. The summed E-state index contributed by atoms with van der Waals surface area (Å²) in [5.41, 5.74) is 2.09. The molecule has 0 fully saturated rings. The molecule has 0 atom stereocenters. The zero-order chi connectivity index (χ0) is 11.7. The number of hydrogen-bond donors (Lipinski definition) is 0. The topological polar surface area (TPSA) is 37.4 Å². The summed E-state index contributed by atoms with van der Waals surface area (Å²) >= 11 is 0. The van der Waals surface area contributed by atoms with E-state index in [0.717, 1.165) is 12.0 Å². The lowest BCUT2D eigenvalue weighted by molar-refractivity contribution is 0.0672. The van der Waals surface area contributed by atoms with Crippen LogP contribution in [0, 0.1) is 0 Å². The molecule has 1 aromatic rings. The predicted molar refractivity (Wildman–Crippen MR) is 61.4 cm³/mol. The Bertz CT molecular complexity index is 477. The van der Waals surface area contributed by atoms with Crippen LogP contribution in [-0.4, -0.2) is 23.3 Å². The molecule has 0 spiro atoms. The van der Waals surface area contributed by atoms with Crippen LogP contribution in [0.15, 0.2) is 30.9 Å². The molecule has 1 aliphatic rings. The molecule has 1 aliphatic heterocycles. The first kappa shape index (κ1) is 10.6. The van der Waals surface area contributed by atoms with E-state index in [9.17, 15) is 9.59 Å². The molecule has 0 N–H and O–H groups in total. The Kier molecular flexibility index (Phi) is 2.60. The van der Waals surface area contributed by atoms with Gasteiger partial charge >= 0.3 is 0 Å². The zero-order valence-corrected chi connectivity index (χ0v) is 9.19. The number of fused-ring (bicyclic) bond motifs is 1. The van der Waals surface area contributed by atoms with Crippen molar-refractivity contribution in [3.8, 4) is 0 Å². The van der Waals surface area contributed by atoms with Crippen molar-refractivity contribution in [1.82, 2.24) is 4.90 Å². The lowest BCUT2D eigenvalue weighted by Gasteiger charge is -2.09. The molecule has 0 bridgehead atoms. The molecule has 2 amide bonds. The summed E-state index contributed by atoms with van der Waals surface area (Å²) in [6.07, 6.45) is 2.42. The second-order valence-corrected chi connectivity index (χ2v) is 3.74. The maximum atomic E-state index is 11.9. The van der Waals surface area contributed by atoms with Gasteiger partial charge in [0, 0.05) is 6.54 Å². The lowest BCUT2D eigenvalue weighted by Crippen LogP contribution is -2.29. The Morgan fingerprint density at radius 3 is 2.56 bits per heavy atom. The van der Waals surface area contributed by atoms with E-state index in [1.54, 1.807) is 18.2 Å². The van der Waals surface area contributed by atoms with E-state index in [4.69, 9.17) is 0 Å². The fourth-order valence-corrected chi connectivity index (χ4v) is 1.85. The van der Waals surface area contributed by atoms with Gasteiger partial charge in [-0.1, -0.05) is 19.1 Å². The second kappa shape index (κ2) is 3.93. The minimum absolute atomic E-state index is 0.213. The highest BCUT2D eigenvalue weighted by atomic mass is 16.2. The van der Waals surface area contributed by atoms with Gasteiger partial charge < -0.3 is 0 Å². The summed E-state index contributed by atoms with van der Waals surface area (Å²) < 4.78 is 0. The number of amides is 2. The van der Waals surface area contributed by atoms with E-state index in [1.165, 1.54) is 4.90 Å². The van der Waals surface area contributed by atoms with Crippen LogP contribution in [0.3, 0.4) is 0 Å². The van der Waals surface area contributed by atoms with Crippen molar-refractivity contribution < 1.29 is 9.59 Å². The Balaban J connectivity index is 2.47. The monoisotopic (exact) mass is 215 g/mol. The Morgan fingerprint density at radius 1 is 1.25 bits per heavy atom. The number of rotatable bonds is 3. The van der Waals surface area contributed by atoms with Gasteiger partial charge in [0.1, 0.15) is 0 Å². The van der Waals surface area contributed by atoms with Crippen LogP contribution in [0.1, 0.15) is 33.2 Å². The molecule has 0 aliphatic carbocycles. The number of hydrogen-bond acceptors (Lipinski definition) is 2. The van der Waals surface area contributed by atoms with Crippen molar-refractivity contribution in [1.29, 1.82) is 0 Å². The van der Waals surface area contributed by atoms with Crippen molar-refractivity contribution in [2.24, 2.45) is 0 Å². The molecule has 0 saturated heterocycles. The zero-order valence-electron chi connectivity index (χ0n) is 9.19. The minimum atomic E-state index is -0.220. The van der Waals surface area contributed by atoms with E-state index in [0.29, 0.717) is 11.1 Å². The van der Waals surface area contributed by atoms with Crippen LogP contribution in [-0.2, 0) is 6.42 Å². The number of carbonyl (C=O) groups excluding carboxylic acids is 2. The highest BCUT2D eigenvalue weighted by Crippen LogP contribution is 2.23. The average Bonchev–Trinajstić information content (AvgIpc) is 2.54. The Hall–Kier alpha value is -1.90. The second-order valence-electron chi connectivity index (χ2n) is 3.74. The molecule has 1 heterocycles. The quantitative estimate of drug-likeness (QED) is 0.571. The molecule has 82 valence electrons. The molecule has 3 nitrogen and oxygen atoms in total. The molecule has 1 aromatic carbocycles. The normalized spacial score (nSPS) is 14.2. The van der Waals surface area contributed by atoms with Gasteiger partial charge in [-0.25, -0.2) is 0 Å².